The van der Waals surface area contributed by atoms with Crippen molar-refractivity contribution in [3.05, 3.63) is 29.3 Å². The number of aromatic nitrogens is 2. The Hall–Kier alpha value is -1.54. The summed E-state index contributed by atoms with van der Waals surface area (Å²) in [6.07, 6.45) is 0. The molecule has 0 atom stereocenters. The van der Waals surface area contributed by atoms with Crippen molar-refractivity contribution >= 4 is 34.8 Å². The number of carbonyl (C=O) groups is 1. The molecular formula is C15H21ClN4O2S. The summed E-state index contributed by atoms with van der Waals surface area (Å²) in [5, 5.41) is 15.2. The van der Waals surface area contributed by atoms with Crippen molar-refractivity contribution in [1.29, 1.82) is 0 Å². The van der Waals surface area contributed by atoms with Gasteiger partial charge in [-0.3, -0.25) is 10.1 Å². The Morgan fingerprint density at radius 1 is 1.22 bits per heavy atom. The van der Waals surface area contributed by atoms with Crippen LogP contribution in [0.25, 0.3) is 10.6 Å². The molecule has 0 fully saturated rings. The van der Waals surface area contributed by atoms with Crippen LogP contribution in [0.5, 0.6) is 0 Å². The number of hydrogen-bond acceptors (Lipinski definition) is 6. The van der Waals surface area contributed by atoms with Gasteiger partial charge in [0.05, 0.1) is 13.2 Å². The van der Waals surface area contributed by atoms with Crippen LogP contribution in [0.2, 0.25) is 0 Å². The maximum absolute atomic E-state index is 11.8. The van der Waals surface area contributed by atoms with Gasteiger partial charge in [0.1, 0.15) is 5.01 Å². The molecule has 0 aliphatic heterocycles. The Morgan fingerprint density at radius 2 is 1.91 bits per heavy atom. The molecule has 6 nitrogen and oxygen atoms in total. The zero-order valence-corrected chi connectivity index (χ0v) is 15.0. The number of amides is 1. The molecule has 0 saturated heterocycles. The van der Waals surface area contributed by atoms with Crippen molar-refractivity contribution < 1.29 is 9.53 Å². The summed E-state index contributed by atoms with van der Waals surface area (Å²) in [7, 11) is 1.62. The molecule has 126 valence electrons. The van der Waals surface area contributed by atoms with Crippen LogP contribution in [-0.4, -0.2) is 42.9 Å². The smallest absolute Gasteiger partial charge is 0.240 e. The van der Waals surface area contributed by atoms with E-state index >= 15 is 0 Å². The number of ether oxygens (including phenoxy) is 1. The van der Waals surface area contributed by atoms with Crippen LogP contribution in [0.15, 0.2) is 18.2 Å². The molecule has 1 heterocycles. The fourth-order valence-electron chi connectivity index (χ4n) is 2.03. The molecule has 1 aromatic heterocycles. The first kappa shape index (κ1) is 19.5. The molecule has 2 rings (SSSR count). The fraction of sp³-hybridized carbons (Fsp3) is 0.400. The third-order valence-electron chi connectivity index (χ3n) is 2.91. The lowest BCUT2D eigenvalue weighted by Gasteiger charge is -2.03. The number of aryl methyl sites for hydroxylation is 2. The molecular weight excluding hydrogens is 336 g/mol. The second kappa shape index (κ2) is 9.57. The molecule has 0 bridgehead atoms. The summed E-state index contributed by atoms with van der Waals surface area (Å²) in [6.45, 7) is 5.52. The van der Waals surface area contributed by atoms with Crippen molar-refractivity contribution in [1.82, 2.24) is 15.5 Å². The third-order valence-corrected chi connectivity index (χ3v) is 3.80. The monoisotopic (exact) mass is 356 g/mol. The maximum atomic E-state index is 11.8. The van der Waals surface area contributed by atoms with Gasteiger partial charge in [0.2, 0.25) is 11.0 Å². The SMILES string of the molecule is COCCNCC(=O)Nc1nnc(-c2cc(C)cc(C)c2)s1.Cl. The van der Waals surface area contributed by atoms with Gasteiger partial charge in [-0.15, -0.1) is 22.6 Å². The summed E-state index contributed by atoms with van der Waals surface area (Å²) in [5.41, 5.74) is 3.38. The Balaban J connectivity index is 0.00000264. The van der Waals surface area contributed by atoms with Gasteiger partial charge in [0.25, 0.3) is 0 Å². The first-order valence-electron chi connectivity index (χ1n) is 7.00. The molecule has 0 unspecified atom stereocenters. The largest absolute Gasteiger partial charge is 0.383 e. The van der Waals surface area contributed by atoms with Crippen molar-refractivity contribution in [2.45, 2.75) is 13.8 Å². The molecule has 1 aromatic carbocycles. The summed E-state index contributed by atoms with van der Waals surface area (Å²) in [6, 6.07) is 6.23. The average Bonchev–Trinajstić information content (AvgIpc) is 2.91. The van der Waals surface area contributed by atoms with Gasteiger partial charge in [0, 0.05) is 19.2 Å². The lowest BCUT2D eigenvalue weighted by Crippen LogP contribution is -2.30. The van der Waals surface area contributed by atoms with E-state index in [1.165, 1.54) is 22.5 Å². The predicted octanol–water partition coefficient (Wildman–Crippen LogP) is 2.42. The first-order valence-corrected chi connectivity index (χ1v) is 7.82. The molecule has 0 aliphatic carbocycles. The van der Waals surface area contributed by atoms with Crippen LogP contribution < -0.4 is 10.6 Å². The molecule has 0 spiro atoms. The number of carbonyl (C=O) groups excluding carboxylic acids is 1. The minimum Gasteiger partial charge on any atom is -0.383 e. The number of hydrogen-bond donors (Lipinski definition) is 2. The number of nitrogens with one attached hydrogen (secondary N) is 2. The van der Waals surface area contributed by atoms with Crippen molar-refractivity contribution in [3.8, 4) is 10.6 Å². The minimum atomic E-state index is -0.140. The minimum absolute atomic E-state index is 0. The van der Waals surface area contributed by atoms with Gasteiger partial charge in [-0.25, -0.2) is 0 Å². The molecule has 23 heavy (non-hydrogen) atoms. The van der Waals surface area contributed by atoms with Gasteiger partial charge in [-0.2, -0.15) is 0 Å². The molecule has 2 N–H and O–H groups in total. The highest BCUT2D eigenvalue weighted by Gasteiger charge is 2.10. The highest BCUT2D eigenvalue weighted by Crippen LogP contribution is 2.27. The second-order valence-electron chi connectivity index (χ2n) is 5.01. The number of benzene rings is 1. The normalized spacial score (nSPS) is 10.2. The molecule has 0 radical (unpaired) electrons. The van der Waals surface area contributed by atoms with E-state index in [2.05, 4.69) is 39.0 Å². The summed E-state index contributed by atoms with van der Waals surface area (Å²) in [5.74, 6) is -0.140. The Bertz CT molecular complexity index is 628. The van der Waals surface area contributed by atoms with E-state index in [4.69, 9.17) is 4.74 Å². The van der Waals surface area contributed by atoms with Gasteiger partial charge in [-0.05, 0) is 26.0 Å². The van der Waals surface area contributed by atoms with Crippen molar-refractivity contribution in [3.63, 3.8) is 0 Å². The molecule has 2 aromatic rings. The Kier molecular flexibility index (Phi) is 8.11. The van der Waals surface area contributed by atoms with Crippen LogP contribution in [0, 0.1) is 13.8 Å². The summed E-state index contributed by atoms with van der Waals surface area (Å²) in [4.78, 5) is 11.8. The highest BCUT2D eigenvalue weighted by atomic mass is 35.5. The number of methoxy groups -OCH3 is 1. The summed E-state index contributed by atoms with van der Waals surface area (Å²) >= 11 is 1.37. The topological polar surface area (TPSA) is 76.1 Å². The summed E-state index contributed by atoms with van der Waals surface area (Å²) < 4.78 is 4.90. The number of nitrogens with zero attached hydrogens (tertiary/aromatic N) is 2. The Morgan fingerprint density at radius 3 is 2.57 bits per heavy atom. The predicted molar refractivity (Wildman–Crippen MR) is 95.4 cm³/mol. The van der Waals surface area contributed by atoms with Crippen LogP contribution >= 0.6 is 23.7 Å². The van der Waals surface area contributed by atoms with E-state index in [9.17, 15) is 4.79 Å². The standard InChI is InChI=1S/C15H20N4O2S.ClH/c1-10-6-11(2)8-12(7-10)14-18-19-15(22-14)17-13(20)9-16-4-5-21-3;/h6-8,16H,4-5,9H2,1-3H3,(H,17,19,20);1H. The zero-order valence-electron chi connectivity index (χ0n) is 13.4. The van der Waals surface area contributed by atoms with E-state index in [1.807, 2.05) is 13.8 Å². The number of anilines is 1. The van der Waals surface area contributed by atoms with Crippen LogP contribution in [0.3, 0.4) is 0 Å². The maximum Gasteiger partial charge on any atom is 0.240 e. The van der Waals surface area contributed by atoms with Crippen LogP contribution in [0.1, 0.15) is 11.1 Å². The number of rotatable bonds is 7. The molecule has 0 aliphatic rings. The van der Waals surface area contributed by atoms with E-state index in [-0.39, 0.29) is 24.9 Å². The highest BCUT2D eigenvalue weighted by molar-refractivity contribution is 7.18. The van der Waals surface area contributed by atoms with Crippen LogP contribution in [0.4, 0.5) is 5.13 Å². The van der Waals surface area contributed by atoms with Gasteiger partial charge in [0.15, 0.2) is 0 Å². The lowest BCUT2D eigenvalue weighted by atomic mass is 10.1. The zero-order chi connectivity index (χ0) is 15.9. The van der Waals surface area contributed by atoms with E-state index in [0.717, 1.165) is 10.6 Å². The molecule has 1 amide bonds. The van der Waals surface area contributed by atoms with Gasteiger partial charge >= 0.3 is 0 Å². The second-order valence-corrected chi connectivity index (χ2v) is 5.98. The number of halogens is 1. The fourth-order valence-corrected chi connectivity index (χ4v) is 2.78. The van der Waals surface area contributed by atoms with Gasteiger partial charge < -0.3 is 10.1 Å². The lowest BCUT2D eigenvalue weighted by molar-refractivity contribution is -0.115. The van der Waals surface area contributed by atoms with Crippen molar-refractivity contribution in [2.24, 2.45) is 0 Å². The van der Waals surface area contributed by atoms with Gasteiger partial charge in [-0.1, -0.05) is 28.5 Å². The quantitative estimate of drug-likeness (QED) is 0.745. The van der Waals surface area contributed by atoms with Crippen LogP contribution in [-0.2, 0) is 9.53 Å². The van der Waals surface area contributed by atoms with E-state index in [1.54, 1.807) is 7.11 Å². The molecule has 0 saturated carbocycles. The average molecular weight is 357 g/mol. The molecule has 8 heteroatoms. The van der Waals surface area contributed by atoms with E-state index < -0.39 is 0 Å². The Labute approximate surface area is 146 Å². The third kappa shape index (κ3) is 6.23. The first-order chi connectivity index (χ1) is 10.6. The van der Waals surface area contributed by atoms with E-state index in [0.29, 0.717) is 18.3 Å². The van der Waals surface area contributed by atoms with Crippen molar-refractivity contribution in [2.75, 3.05) is 32.1 Å².